The fourth-order valence-electron chi connectivity index (χ4n) is 2.19. The van der Waals surface area contributed by atoms with Crippen LogP contribution in [0.15, 0.2) is 42.5 Å². The Morgan fingerprint density at radius 1 is 0.955 bits per heavy atom. The molecule has 1 N–H and O–H groups in total. The summed E-state index contributed by atoms with van der Waals surface area (Å²) in [5.74, 6) is 0.576. The van der Waals surface area contributed by atoms with Crippen LogP contribution in [0.3, 0.4) is 0 Å². The summed E-state index contributed by atoms with van der Waals surface area (Å²) in [6.45, 7) is 8.03. The van der Waals surface area contributed by atoms with Crippen LogP contribution in [-0.2, 0) is 4.74 Å². The minimum Gasteiger partial charge on any atom is -0.409 e. The number of cyclic esters (lactones) is 1. The quantitative estimate of drug-likeness (QED) is 0.766. The Balaban J connectivity index is 0.000000847. The first-order valence-corrected chi connectivity index (χ1v) is 7.50. The van der Waals surface area contributed by atoms with E-state index < -0.39 is 6.09 Å². The standard InChI is InChI=1S/C17H15NO2.C2H6/c1-11-3-6-13(7-4-11)10-16-14-8-5-12(2)9-15(14)18-17(19)20-16;1-2/h3-10H,1-2H3,(H,18,19);1-2H3/b16-10-;. The highest BCUT2D eigenvalue weighted by molar-refractivity contribution is 6.00. The number of carbonyl (C=O) groups excluding carboxylic acids is 1. The van der Waals surface area contributed by atoms with Gasteiger partial charge in [0.05, 0.1) is 5.69 Å². The fraction of sp³-hybridized carbons (Fsp3) is 0.211. The van der Waals surface area contributed by atoms with E-state index in [0.29, 0.717) is 5.76 Å². The monoisotopic (exact) mass is 295 g/mol. The average Bonchev–Trinajstić information content (AvgIpc) is 2.51. The lowest BCUT2D eigenvalue weighted by molar-refractivity contribution is 0.206. The Morgan fingerprint density at radius 3 is 2.27 bits per heavy atom. The Morgan fingerprint density at radius 2 is 1.59 bits per heavy atom. The van der Waals surface area contributed by atoms with E-state index >= 15 is 0 Å². The number of carbonyl (C=O) groups is 1. The normalized spacial score (nSPS) is 14.4. The topological polar surface area (TPSA) is 38.3 Å². The lowest BCUT2D eigenvalue weighted by Crippen LogP contribution is -2.19. The molecule has 2 aromatic rings. The van der Waals surface area contributed by atoms with Gasteiger partial charge >= 0.3 is 6.09 Å². The molecule has 3 heteroatoms. The van der Waals surface area contributed by atoms with Crippen molar-refractivity contribution in [3.63, 3.8) is 0 Å². The van der Waals surface area contributed by atoms with Crippen LogP contribution in [0.25, 0.3) is 11.8 Å². The number of anilines is 1. The second-order valence-corrected chi connectivity index (χ2v) is 4.98. The molecular formula is C19H21NO2. The Bertz CT molecular complexity index is 700. The third-order valence-electron chi connectivity index (χ3n) is 3.26. The van der Waals surface area contributed by atoms with Crippen molar-refractivity contribution in [2.45, 2.75) is 27.7 Å². The minimum absolute atomic E-state index is 0.443. The zero-order valence-corrected chi connectivity index (χ0v) is 13.4. The molecule has 1 amide bonds. The smallest absolute Gasteiger partial charge is 0.409 e. The molecule has 114 valence electrons. The summed E-state index contributed by atoms with van der Waals surface area (Å²) in [6.07, 6.45) is 1.44. The molecule has 0 aromatic heterocycles. The molecule has 0 fully saturated rings. The maximum atomic E-state index is 11.6. The molecule has 1 aliphatic heterocycles. The number of benzene rings is 2. The molecular weight excluding hydrogens is 274 g/mol. The van der Waals surface area contributed by atoms with E-state index in [4.69, 9.17) is 4.74 Å². The Labute approximate surface area is 131 Å². The van der Waals surface area contributed by atoms with E-state index in [1.807, 2.05) is 76.2 Å². The van der Waals surface area contributed by atoms with Gasteiger partial charge in [0.2, 0.25) is 0 Å². The van der Waals surface area contributed by atoms with Gasteiger partial charge in [-0.15, -0.1) is 0 Å². The highest BCUT2D eigenvalue weighted by Crippen LogP contribution is 2.32. The van der Waals surface area contributed by atoms with Crippen molar-refractivity contribution in [2.24, 2.45) is 0 Å². The molecule has 3 nitrogen and oxygen atoms in total. The molecule has 0 bridgehead atoms. The van der Waals surface area contributed by atoms with Gasteiger partial charge in [0, 0.05) is 5.56 Å². The molecule has 0 spiro atoms. The van der Waals surface area contributed by atoms with Crippen LogP contribution < -0.4 is 5.32 Å². The summed E-state index contributed by atoms with van der Waals surface area (Å²) in [5.41, 5.74) is 4.99. The highest BCUT2D eigenvalue weighted by Gasteiger charge is 2.20. The van der Waals surface area contributed by atoms with E-state index in [0.717, 1.165) is 22.4 Å². The van der Waals surface area contributed by atoms with Crippen LogP contribution in [0, 0.1) is 13.8 Å². The number of rotatable bonds is 1. The van der Waals surface area contributed by atoms with Crippen LogP contribution in [0.2, 0.25) is 0 Å². The van der Waals surface area contributed by atoms with E-state index in [-0.39, 0.29) is 0 Å². The van der Waals surface area contributed by atoms with Gasteiger partial charge in [-0.05, 0) is 43.2 Å². The van der Waals surface area contributed by atoms with E-state index in [1.54, 1.807) is 0 Å². The van der Waals surface area contributed by atoms with Gasteiger partial charge < -0.3 is 4.74 Å². The number of hydrogen-bond acceptors (Lipinski definition) is 2. The van der Waals surface area contributed by atoms with Crippen molar-refractivity contribution in [3.05, 3.63) is 64.7 Å². The number of hydrogen-bond donors (Lipinski definition) is 1. The predicted molar refractivity (Wildman–Crippen MR) is 91.7 cm³/mol. The largest absolute Gasteiger partial charge is 0.417 e. The first kappa shape index (κ1) is 15.8. The van der Waals surface area contributed by atoms with Crippen molar-refractivity contribution in [1.82, 2.24) is 0 Å². The van der Waals surface area contributed by atoms with Gasteiger partial charge in [-0.2, -0.15) is 0 Å². The number of nitrogens with one attached hydrogen (secondary N) is 1. The first-order chi connectivity index (χ1) is 10.6. The summed E-state index contributed by atoms with van der Waals surface area (Å²) in [7, 11) is 0. The zero-order chi connectivity index (χ0) is 16.1. The van der Waals surface area contributed by atoms with Gasteiger partial charge in [-0.1, -0.05) is 49.7 Å². The maximum Gasteiger partial charge on any atom is 0.417 e. The highest BCUT2D eigenvalue weighted by atomic mass is 16.6. The Kier molecular flexibility index (Phi) is 4.99. The summed E-state index contributed by atoms with van der Waals surface area (Å²) < 4.78 is 5.30. The number of fused-ring (bicyclic) bond motifs is 1. The SMILES string of the molecule is CC.Cc1ccc(/C=C2\OC(=O)Nc3cc(C)ccc32)cc1. The van der Waals surface area contributed by atoms with E-state index in [1.165, 1.54) is 5.56 Å². The van der Waals surface area contributed by atoms with Gasteiger partial charge in [0.25, 0.3) is 0 Å². The second-order valence-electron chi connectivity index (χ2n) is 4.98. The molecule has 2 aromatic carbocycles. The summed E-state index contributed by atoms with van der Waals surface area (Å²) in [4.78, 5) is 11.6. The molecule has 0 atom stereocenters. The molecule has 0 saturated heterocycles. The Hall–Kier alpha value is -2.55. The number of ether oxygens (including phenoxy) is 1. The van der Waals surface area contributed by atoms with Crippen molar-refractivity contribution in [3.8, 4) is 0 Å². The fourth-order valence-corrected chi connectivity index (χ4v) is 2.19. The molecule has 1 heterocycles. The maximum absolute atomic E-state index is 11.6. The third-order valence-corrected chi connectivity index (χ3v) is 3.26. The minimum atomic E-state index is -0.443. The van der Waals surface area contributed by atoms with E-state index in [2.05, 4.69) is 5.32 Å². The van der Waals surface area contributed by atoms with Gasteiger partial charge in [-0.25, -0.2) is 4.79 Å². The van der Waals surface area contributed by atoms with Gasteiger partial charge in [0.1, 0.15) is 5.76 Å². The average molecular weight is 295 g/mol. The van der Waals surface area contributed by atoms with Crippen LogP contribution in [-0.4, -0.2) is 6.09 Å². The molecule has 0 aliphatic carbocycles. The lowest BCUT2D eigenvalue weighted by Gasteiger charge is -2.20. The van der Waals surface area contributed by atoms with Crippen LogP contribution in [0.1, 0.15) is 36.1 Å². The lowest BCUT2D eigenvalue weighted by atomic mass is 10.0. The number of amides is 1. The third kappa shape index (κ3) is 3.55. The second kappa shape index (κ2) is 6.94. The molecule has 0 radical (unpaired) electrons. The summed E-state index contributed by atoms with van der Waals surface area (Å²) >= 11 is 0. The number of aryl methyl sites for hydroxylation is 2. The van der Waals surface area contributed by atoms with Crippen molar-refractivity contribution < 1.29 is 9.53 Å². The van der Waals surface area contributed by atoms with E-state index in [9.17, 15) is 4.79 Å². The van der Waals surface area contributed by atoms with Gasteiger partial charge in [-0.3, -0.25) is 5.32 Å². The molecule has 22 heavy (non-hydrogen) atoms. The molecule has 0 unspecified atom stereocenters. The summed E-state index contributed by atoms with van der Waals surface area (Å²) in [5, 5.41) is 2.72. The molecule has 3 rings (SSSR count). The van der Waals surface area contributed by atoms with Crippen LogP contribution >= 0.6 is 0 Å². The molecule has 1 aliphatic rings. The zero-order valence-electron chi connectivity index (χ0n) is 13.4. The summed E-state index contributed by atoms with van der Waals surface area (Å²) in [6, 6.07) is 14.0. The first-order valence-electron chi connectivity index (χ1n) is 7.50. The predicted octanol–water partition coefficient (Wildman–Crippen LogP) is 5.39. The van der Waals surface area contributed by atoms with Crippen molar-refractivity contribution >= 4 is 23.6 Å². The van der Waals surface area contributed by atoms with Gasteiger partial charge in [0.15, 0.2) is 0 Å². The van der Waals surface area contributed by atoms with Crippen LogP contribution in [0.5, 0.6) is 0 Å². The van der Waals surface area contributed by atoms with Crippen molar-refractivity contribution in [1.29, 1.82) is 0 Å². The van der Waals surface area contributed by atoms with Crippen molar-refractivity contribution in [2.75, 3.05) is 5.32 Å². The van der Waals surface area contributed by atoms with Crippen LogP contribution in [0.4, 0.5) is 10.5 Å². The molecule has 0 saturated carbocycles.